The molecule has 0 spiro atoms. The lowest BCUT2D eigenvalue weighted by molar-refractivity contribution is 0.212. The first-order valence-corrected chi connectivity index (χ1v) is 6.77. The molecule has 0 aliphatic heterocycles. The maximum Gasteiger partial charge on any atom is 0.322 e. The summed E-state index contributed by atoms with van der Waals surface area (Å²) >= 11 is 5.82. The van der Waals surface area contributed by atoms with E-state index < -0.39 is 0 Å². The van der Waals surface area contributed by atoms with Crippen molar-refractivity contribution in [2.75, 3.05) is 11.9 Å². The van der Waals surface area contributed by atoms with Crippen LogP contribution in [0, 0.1) is 0 Å². The summed E-state index contributed by atoms with van der Waals surface area (Å²) in [5.74, 6) is 0. The van der Waals surface area contributed by atoms with Crippen LogP contribution in [0.15, 0.2) is 48.8 Å². The van der Waals surface area contributed by atoms with Gasteiger partial charge < -0.3 is 10.2 Å². The van der Waals surface area contributed by atoms with Crippen LogP contribution in [0.5, 0.6) is 0 Å². The van der Waals surface area contributed by atoms with E-state index in [-0.39, 0.29) is 6.03 Å². The molecule has 0 saturated carbocycles. The molecule has 0 unspecified atom stereocenters. The van der Waals surface area contributed by atoms with Crippen LogP contribution in [0.1, 0.15) is 12.5 Å². The Morgan fingerprint density at radius 3 is 2.45 bits per heavy atom. The number of hydrogen-bond acceptors (Lipinski definition) is 2. The van der Waals surface area contributed by atoms with Crippen molar-refractivity contribution in [3.8, 4) is 0 Å². The first kappa shape index (κ1) is 14.3. The molecule has 0 radical (unpaired) electrons. The Hall–Kier alpha value is -2.07. The second kappa shape index (κ2) is 6.91. The SMILES string of the molecule is CCN(Cc1ccncc1)C(=O)Nc1ccc(Cl)cc1. The van der Waals surface area contributed by atoms with E-state index in [2.05, 4.69) is 10.3 Å². The topological polar surface area (TPSA) is 45.2 Å². The summed E-state index contributed by atoms with van der Waals surface area (Å²) < 4.78 is 0. The molecule has 1 aromatic carbocycles. The molecule has 1 heterocycles. The zero-order chi connectivity index (χ0) is 14.4. The third-order valence-corrected chi connectivity index (χ3v) is 3.14. The smallest absolute Gasteiger partial charge is 0.320 e. The zero-order valence-electron chi connectivity index (χ0n) is 11.2. The van der Waals surface area contributed by atoms with Gasteiger partial charge in [-0.05, 0) is 48.9 Å². The highest BCUT2D eigenvalue weighted by Gasteiger charge is 2.12. The molecule has 0 bridgehead atoms. The van der Waals surface area contributed by atoms with Crippen molar-refractivity contribution in [2.24, 2.45) is 0 Å². The van der Waals surface area contributed by atoms with Crippen LogP contribution in [-0.2, 0) is 6.54 Å². The van der Waals surface area contributed by atoms with E-state index in [4.69, 9.17) is 11.6 Å². The van der Waals surface area contributed by atoms with Crippen molar-refractivity contribution in [3.05, 3.63) is 59.4 Å². The molecule has 1 N–H and O–H groups in total. The molecule has 0 aliphatic rings. The Kier molecular flexibility index (Phi) is 4.96. The number of urea groups is 1. The second-order valence-electron chi connectivity index (χ2n) is 4.31. The van der Waals surface area contributed by atoms with Gasteiger partial charge in [0.1, 0.15) is 0 Å². The van der Waals surface area contributed by atoms with Gasteiger partial charge in [0.25, 0.3) is 0 Å². The third-order valence-electron chi connectivity index (χ3n) is 2.89. The Labute approximate surface area is 123 Å². The fourth-order valence-electron chi connectivity index (χ4n) is 1.77. The molecule has 0 aliphatic carbocycles. The van der Waals surface area contributed by atoms with Gasteiger partial charge in [0.2, 0.25) is 0 Å². The molecular formula is C15H16ClN3O. The van der Waals surface area contributed by atoms with Crippen LogP contribution in [-0.4, -0.2) is 22.5 Å². The van der Waals surface area contributed by atoms with Crippen LogP contribution in [0.3, 0.4) is 0 Å². The van der Waals surface area contributed by atoms with Crippen LogP contribution in [0.2, 0.25) is 5.02 Å². The standard InChI is InChI=1S/C15H16ClN3O/c1-2-19(11-12-7-9-17-10-8-12)15(20)18-14-5-3-13(16)4-6-14/h3-10H,2,11H2,1H3,(H,18,20). The van der Waals surface area contributed by atoms with E-state index in [0.717, 1.165) is 11.3 Å². The number of anilines is 1. The van der Waals surface area contributed by atoms with Crippen molar-refractivity contribution in [2.45, 2.75) is 13.5 Å². The number of pyridine rings is 1. The molecule has 2 amide bonds. The van der Waals surface area contributed by atoms with Gasteiger partial charge in [0.15, 0.2) is 0 Å². The van der Waals surface area contributed by atoms with Gasteiger partial charge in [0, 0.05) is 36.2 Å². The summed E-state index contributed by atoms with van der Waals surface area (Å²) in [5.41, 5.74) is 1.78. The quantitative estimate of drug-likeness (QED) is 0.931. The Bertz CT molecular complexity index is 557. The van der Waals surface area contributed by atoms with Crippen molar-refractivity contribution in [3.63, 3.8) is 0 Å². The summed E-state index contributed by atoms with van der Waals surface area (Å²) in [6.07, 6.45) is 3.44. The first-order chi connectivity index (χ1) is 9.69. The monoisotopic (exact) mass is 289 g/mol. The van der Waals surface area contributed by atoms with Crippen LogP contribution in [0.25, 0.3) is 0 Å². The number of rotatable bonds is 4. The highest BCUT2D eigenvalue weighted by molar-refractivity contribution is 6.30. The van der Waals surface area contributed by atoms with Crippen LogP contribution in [0.4, 0.5) is 10.5 Å². The van der Waals surface area contributed by atoms with Gasteiger partial charge in [-0.3, -0.25) is 4.98 Å². The number of carbonyl (C=O) groups is 1. The molecule has 0 fully saturated rings. The maximum atomic E-state index is 12.2. The molecule has 104 valence electrons. The number of nitrogens with one attached hydrogen (secondary N) is 1. The Balaban J connectivity index is 2.00. The van der Waals surface area contributed by atoms with E-state index >= 15 is 0 Å². The van der Waals surface area contributed by atoms with E-state index in [1.165, 1.54) is 0 Å². The minimum atomic E-state index is -0.133. The van der Waals surface area contributed by atoms with Gasteiger partial charge in [-0.25, -0.2) is 4.79 Å². The number of hydrogen-bond donors (Lipinski definition) is 1. The minimum absolute atomic E-state index is 0.133. The van der Waals surface area contributed by atoms with E-state index in [0.29, 0.717) is 18.1 Å². The van der Waals surface area contributed by atoms with Crippen molar-refractivity contribution in [1.29, 1.82) is 0 Å². The molecule has 2 rings (SSSR count). The first-order valence-electron chi connectivity index (χ1n) is 6.39. The molecular weight excluding hydrogens is 274 g/mol. The molecule has 5 heteroatoms. The van der Waals surface area contributed by atoms with Gasteiger partial charge in [-0.15, -0.1) is 0 Å². The van der Waals surface area contributed by atoms with Gasteiger partial charge in [-0.2, -0.15) is 0 Å². The molecule has 20 heavy (non-hydrogen) atoms. The van der Waals surface area contributed by atoms with Crippen molar-refractivity contribution in [1.82, 2.24) is 9.88 Å². The normalized spacial score (nSPS) is 10.1. The average molecular weight is 290 g/mol. The Morgan fingerprint density at radius 1 is 1.20 bits per heavy atom. The molecule has 2 aromatic rings. The lowest BCUT2D eigenvalue weighted by Gasteiger charge is -2.21. The van der Waals surface area contributed by atoms with E-state index in [1.807, 2.05) is 19.1 Å². The Morgan fingerprint density at radius 2 is 1.85 bits per heavy atom. The summed E-state index contributed by atoms with van der Waals surface area (Å²) in [7, 11) is 0. The molecule has 0 saturated heterocycles. The fourth-order valence-corrected chi connectivity index (χ4v) is 1.90. The van der Waals surface area contributed by atoms with Crippen LogP contribution >= 0.6 is 11.6 Å². The highest BCUT2D eigenvalue weighted by atomic mass is 35.5. The number of halogens is 1. The number of amides is 2. The molecule has 4 nitrogen and oxygen atoms in total. The zero-order valence-corrected chi connectivity index (χ0v) is 12.0. The fraction of sp³-hybridized carbons (Fsp3) is 0.200. The summed E-state index contributed by atoms with van der Waals surface area (Å²) in [5, 5.41) is 3.50. The van der Waals surface area contributed by atoms with E-state index in [9.17, 15) is 4.79 Å². The summed E-state index contributed by atoms with van der Waals surface area (Å²) in [6, 6.07) is 10.7. The third kappa shape index (κ3) is 3.96. The average Bonchev–Trinajstić information content (AvgIpc) is 2.48. The predicted molar refractivity (Wildman–Crippen MR) is 80.8 cm³/mol. The number of benzene rings is 1. The van der Waals surface area contributed by atoms with Crippen molar-refractivity contribution >= 4 is 23.3 Å². The molecule has 1 aromatic heterocycles. The number of carbonyl (C=O) groups excluding carboxylic acids is 1. The maximum absolute atomic E-state index is 12.2. The summed E-state index contributed by atoms with van der Waals surface area (Å²) in [4.78, 5) is 17.9. The number of aromatic nitrogens is 1. The van der Waals surface area contributed by atoms with Crippen LogP contribution < -0.4 is 5.32 Å². The molecule has 0 atom stereocenters. The second-order valence-corrected chi connectivity index (χ2v) is 4.74. The largest absolute Gasteiger partial charge is 0.322 e. The van der Waals surface area contributed by atoms with Crippen molar-refractivity contribution < 1.29 is 4.79 Å². The number of nitrogens with zero attached hydrogens (tertiary/aromatic N) is 2. The highest BCUT2D eigenvalue weighted by Crippen LogP contribution is 2.14. The predicted octanol–water partition coefficient (Wildman–Crippen LogP) is 3.79. The summed E-state index contributed by atoms with van der Waals surface area (Å²) in [6.45, 7) is 3.13. The lowest BCUT2D eigenvalue weighted by Crippen LogP contribution is -2.34. The van der Waals surface area contributed by atoms with Gasteiger partial charge in [-0.1, -0.05) is 11.6 Å². The van der Waals surface area contributed by atoms with E-state index in [1.54, 1.807) is 41.6 Å². The van der Waals surface area contributed by atoms with Gasteiger partial charge in [0.05, 0.1) is 0 Å². The lowest BCUT2D eigenvalue weighted by atomic mass is 10.2. The van der Waals surface area contributed by atoms with Gasteiger partial charge >= 0.3 is 6.03 Å². The minimum Gasteiger partial charge on any atom is -0.320 e.